The van der Waals surface area contributed by atoms with Gasteiger partial charge in [0.25, 0.3) is 0 Å². The summed E-state index contributed by atoms with van der Waals surface area (Å²) in [4.78, 5) is 2.31. The fourth-order valence-electron chi connectivity index (χ4n) is 2.53. The molecular formula is C13H27NO. The van der Waals surface area contributed by atoms with Crippen LogP contribution in [0.4, 0.5) is 0 Å². The molecule has 1 fully saturated rings. The largest absolute Gasteiger partial charge is 0.376 e. The molecule has 90 valence electrons. The first-order valence-corrected chi connectivity index (χ1v) is 6.70. The summed E-state index contributed by atoms with van der Waals surface area (Å²) in [7, 11) is 0. The highest BCUT2D eigenvalue weighted by atomic mass is 16.3. The third-order valence-corrected chi connectivity index (χ3v) is 3.69. The summed E-state index contributed by atoms with van der Waals surface area (Å²) >= 11 is 0. The lowest BCUT2D eigenvalue weighted by molar-refractivity contribution is -0.125. The first-order chi connectivity index (χ1) is 7.23. The molecule has 1 heterocycles. The molecule has 0 spiro atoms. The fourth-order valence-corrected chi connectivity index (χ4v) is 2.53. The number of hydrogen-bond acceptors (Lipinski definition) is 2. The maximum Gasteiger partial charge on any atom is 0.118 e. The van der Waals surface area contributed by atoms with Crippen molar-refractivity contribution < 1.29 is 5.11 Å². The van der Waals surface area contributed by atoms with Gasteiger partial charge >= 0.3 is 0 Å². The molecule has 15 heavy (non-hydrogen) atoms. The van der Waals surface area contributed by atoms with Gasteiger partial charge in [0, 0.05) is 13.1 Å². The summed E-state index contributed by atoms with van der Waals surface area (Å²) in [5, 5.41) is 10.6. The van der Waals surface area contributed by atoms with Gasteiger partial charge in [0.05, 0.1) is 0 Å². The first kappa shape index (κ1) is 13.0. The van der Waals surface area contributed by atoms with Gasteiger partial charge in [-0.3, -0.25) is 4.90 Å². The normalized spacial score (nSPS) is 22.6. The van der Waals surface area contributed by atoms with E-state index in [2.05, 4.69) is 18.7 Å². The molecule has 0 saturated carbocycles. The van der Waals surface area contributed by atoms with Crippen LogP contribution >= 0.6 is 0 Å². The van der Waals surface area contributed by atoms with Crippen LogP contribution in [-0.4, -0.2) is 28.8 Å². The summed E-state index contributed by atoms with van der Waals surface area (Å²) in [6, 6.07) is 0. The Kier molecular flexibility index (Phi) is 5.62. The van der Waals surface area contributed by atoms with Gasteiger partial charge in [-0.15, -0.1) is 0 Å². The van der Waals surface area contributed by atoms with E-state index >= 15 is 0 Å². The Morgan fingerprint density at radius 3 is 2.27 bits per heavy atom. The van der Waals surface area contributed by atoms with Crippen molar-refractivity contribution in [1.82, 2.24) is 4.90 Å². The molecule has 1 atom stereocenters. The number of rotatable bonds is 6. The van der Waals surface area contributed by atoms with Gasteiger partial charge in [-0.05, 0) is 32.1 Å². The van der Waals surface area contributed by atoms with Crippen LogP contribution in [0.3, 0.4) is 0 Å². The Labute approximate surface area is 94.7 Å². The molecular weight excluding hydrogens is 186 g/mol. The third-order valence-electron chi connectivity index (χ3n) is 3.69. The Morgan fingerprint density at radius 2 is 1.73 bits per heavy atom. The van der Waals surface area contributed by atoms with Gasteiger partial charge in [-0.2, -0.15) is 0 Å². The van der Waals surface area contributed by atoms with Crippen LogP contribution < -0.4 is 0 Å². The minimum absolute atomic E-state index is 0.504. The quantitative estimate of drug-likeness (QED) is 0.685. The minimum atomic E-state index is -0.504. The predicted molar refractivity (Wildman–Crippen MR) is 64.8 cm³/mol. The molecule has 0 aliphatic carbocycles. The highest BCUT2D eigenvalue weighted by molar-refractivity contribution is 4.80. The van der Waals surface area contributed by atoms with Crippen LogP contribution in [0, 0.1) is 0 Å². The van der Waals surface area contributed by atoms with Crippen LogP contribution in [0.1, 0.15) is 65.2 Å². The molecule has 0 radical (unpaired) electrons. The molecule has 0 amide bonds. The third kappa shape index (κ3) is 3.76. The lowest BCUT2D eigenvalue weighted by Crippen LogP contribution is -2.50. The molecule has 2 heteroatoms. The maximum atomic E-state index is 10.6. The molecule has 0 aromatic heterocycles. The zero-order valence-electron chi connectivity index (χ0n) is 10.5. The van der Waals surface area contributed by atoms with E-state index < -0.39 is 5.72 Å². The first-order valence-electron chi connectivity index (χ1n) is 6.70. The predicted octanol–water partition coefficient (Wildman–Crippen LogP) is 3.15. The van der Waals surface area contributed by atoms with E-state index in [1.807, 2.05) is 0 Å². The Bertz CT molecular complexity index is 166. The average Bonchev–Trinajstić information content (AvgIpc) is 2.30. The lowest BCUT2D eigenvalue weighted by Gasteiger charge is -2.41. The van der Waals surface area contributed by atoms with Gasteiger partial charge in [0.1, 0.15) is 5.72 Å². The fraction of sp³-hybridized carbons (Fsp3) is 1.00. The summed E-state index contributed by atoms with van der Waals surface area (Å²) in [6.45, 7) is 6.51. The topological polar surface area (TPSA) is 23.5 Å². The van der Waals surface area contributed by atoms with E-state index in [9.17, 15) is 5.11 Å². The van der Waals surface area contributed by atoms with E-state index in [-0.39, 0.29) is 0 Å². The average molecular weight is 213 g/mol. The molecule has 1 N–H and O–H groups in total. The van der Waals surface area contributed by atoms with E-state index in [4.69, 9.17) is 0 Å². The zero-order chi connectivity index (χ0) is 11.1. The van der Waals surface area contributed by atoms with E-state index in [0.29, 0.717) is 0 Å². The van der Waals surface area contributed by atoms with Gasteiger partial charge < -0.3 is 5.11 Å². The van der Waals surface area contributed by atoms with Crippen LogP contribution in [-0.2, 0) is 0 Å². The molecule has 1 aliphatic heterocycles. The Morgan fingerprint density at radius 1 is 1.07 bits per heavy atom. The molecule has 1 rings (SSSR count). The van der Waals surface area contributed by atoms with Gasteiger partial charge in [-0.25, -0.2) is 0 Å². The molecule has 0 bridgehead atoms. The summed E-state index contributed by atoms with van der Waals surface area (Å²) < 4.78 is 0. The molecule has 0 aromatic carbocycles. The van der Waals surface area contributed by atoms with Crippen molar-refractivity contribution in [3.05, 3.63) is 0 Å². The maximum absolute atomic E-state index is 10.6. The number of nitrogens with zero attached hydrogens (tertiary/aromatic N) is 1. The van der Waals surface area contributed by atoms with Crippen molar-refractivity contribution in [3.8, 4) is 0 Å². The van der Waals surface area contributed by atoms with E-state index in [1.165, 1.54) is 32.1 Å². The van der Waals surface area contributed by atoms with Crippen LogP contribution in [0.25, 0.3) is 0 Å². The smallest absolute Gasteiger partial charge is 0.118 e. The summed E-state index contributed by atoms with van der Waals surface area (Å²) in [5.41, 5.74) is -0.504. The zero-order valence-corrected chi connectivity index (χ0v) is 10.5. The number of piperidine rings is 1. The standard InChI is InChI=1S/C13H27NO/c1-3-5-7-10-13(15,4-2)14-11-8-6-9-12-14/h15H,3-12H2,1-2H3. The molecule has 1 saturated heterocycles. The van der Waals surface area contributed by atoms with Crippen molar-refractivity contribution in [2.75, 3.05) is 13.1 Å². The number of unbranched alkanes of at least 4 members (excludes halogenated alkanes) is 2. The second kappa shape index (κ2) is 6.49. The molecule has 2 nitrogen and oxygen atoms in total. The van der Waals surface area contributed by atoms with Crippen molar-refractivity contribution in [1.29, 1.82) is 0 Å². The number of hydrogen-bond donors (Lipinski definition) is 1. The second-order valence-corrected chi connectivity index (χ2v) is 4.84. The highest BCUT2D eigenvalue weighted by Gasteiger charge is 2.32. The van der Waals surface area contributed by atoms with Crippen molar-refractivity contribution in [2.24, 2.45) is 0 Å². The number of aliphatic hydroxyl groups is 1. The monoisotopic (exact) mass is 213 g/mol. The van der Waals surface area contributed by atoms with Crippen molar-refractivity contribution in [3.63, 3.8) is 0 Å². The highest BCUT2D eigenvalue weighted by Crippen LogP contribution is 2.27. The SMILES string of the molecule is CCCCCC(O)(CC)N1CCCCC1. The second-order valence-electron chi connectivity index (χ2n) is 4.84. The van der Waals surface area contributed by atoms with Crippen LogP contribution in [0.2, 0.25) is 0 Å². The molecule has 1 aliphatic rings. The van der Waals surface area contributed by atoms with Crippen LogP contribution in [0.15, 0.2) is 0 Å². The van der Waals surface area contributed by atoms with Gasteiger partial charge in [-0.1, -0.05) is 33.1 Å². The molecule has 0 aromatic rings. The van der Waals surface area contributed by atoms with Crippen molar-refractivity contribution in [2.45, 2.75) is 70.9 Å². The summed E-state index contributed by atoms with van der Waals surface area (Å²) in [5.74, 6) is 0. The number of likely N-dealkylation sites (tertiary alicyclic amines) is 1. The van der Waals surface area contributed by atoms with E-state index in [0.717, 1.165) is 32.4 Å². The van der Waals surface area contributed by atoms with Gasteiger partial charge in [0.15, 0.2) is 0 Å². The Balaban J connectivity index is 2.41. The van der Waals surface area contributed by atoms with Crippen LogP contribution in [0.5, 0.6) is 0 Å². The Hall–Kier alpha value is -0.0800. The van der Waals surface area contributed by atoms with Crippen molar-refractivity contribution >= 4 is 0 Å². The molecule has 1 unspecified atom stereocenters. The minimum Gasteiger partial charge on any atom is -0.376 e. The van der Waals surface area contributed by atoms with Gasteiger partial charge in [0.2, 0.25) is 0 Å². The van der Waals surface area contributed by atoms with E-state index in [1.54, 1.807) is 0 Å². The lowest BCUT2D eigenvalue weighted by atomic mass is 9.97. The summed E-state index contributed by atoms with van der Waals surface area (Å²) in [6.07, 6.45) is 9.33.